The van der Waals surface area contributed by atoms with E-state index in [0.29, 0.717) is 16.9 Å². The summed E-state index contributed by atoms with van der Waals surface area (Å²) in [7, 11) is 0. The number of hydrogen-bond donors (Lipinski definition) is 2. The largest absolute Gasteiger partial charge is 0.489 e. The highest BCUT2D eigenvalue weighted by Gasteiger charge is 2.06. The van der Waals surface area contributed by atoms with E-state index in [1.54, 1.807) is 60.7 Å². The summed E-state index contributed by atoms with van der Waals surface area (Å²) in [4.78, 5) is 22.0. The Balaban J connectivity index is 1.70. The van der Waals surface area contributed by atoms with Gasteiger partial charge in [0.15, 0.2) is 0 Å². The molecule has 0 aliphatic carbocycles. The van der Waals surface area contributed by atoms with Crippen LogP contribution < -0.4 is 4.74 Å². The molecule has 0 aromatic heterocycles. The molecule has 0 amide bonds. The molecule has 0 bridgehead atoms. The molecule has 6 nitrogen and oxygen atoms in total. The fourth-order valence-corrected chi connectivity index (χ4v) is 2.76. The Morgan fingerprint density at radius 2 is 1.50 bits per heavy atom. The van der Waals surface area contributed by atoms with Crippen LogP contribution in [0, 0.1) is 11.3 Å². The van der Waals surface area contributed by atoms with Gasteiger partial charge >= 0.3 is 11.9 Å². The van der Waals surface area contributed by atoms with Crippen molar-refractivity contribution in [1.82, 2.24) is 0 Å². The molecule has 0 heterocycles. The predicted octanol–water partition coefficient (Wildman–Crippen LogP) is 4.73. The van der Waals surface area contributed by atoms with E-state index in [0.717, 1.165) is 11.1 Å². The van der Waals surface area contributed by atoms with E-state index in [1.807, 2.05) is 0 Å². The fourth-order valence-electron chi connectivity index (χ4n) is 2.76. The lowest BCUT2D eigenvalue weighted by Crippen LogP contribution is -2.00. The molecule has 3 rings (SSSR count). The molecule has 0 radical (unpaired) electrons. The number of nitrogens with zero attached hydrogens (tertiary/aromatic N) is 1. The number of ether oxygens (including phenoxy) is 1. The smallest absolute Gasteiger partial charge is 0.335 e. The summed E-state index contributed by atoms with van der Waals surface area (Å²) in [6.45, 7) is 0.232. The number of carboxylic acids is 2. The van der Waals surface area contributed by atoms with Crippen LogP contribution in [0.25, 0.3) is 11.6 Å². The zero-order valence-corrected chi connectivity index (χ0v) is 15.8. The van der Waals surface area contributed by atoms with Crippen LogP contribution >= 0.6 is 0 Å². The standard InChI is InChI=1S/C24H17NO5/c25-14-21(18-6-8-19(9-7-18)23(26)27)12-16-4-10-22(11-5-16)30-15-17-2-1-3-20(13-17)24(28)29/h1-13H,15H2,(H,26,27)(H,28,29)/b21-12-. The first kappa shape index (κ1) is 20.4. The number of nitriles is 1. The third kappa shape index (κ3) is 5.12. The quantitative estimate of drug-likeness (QED) is 0.439. The predicted molar refractivity (Wildman–Crippen MR) is 111 cm³/mol. The Bertz CT molecular complexity index is 1140. The van der Waals surface area contributed by atoms with Crippen molar-refractivity contribution in [3.8, 4) is 11.8 Å². The van der Waals surface area contributed by atoms with Gasteiger partial charge in [0.05, 0.1) is 22.8 Å². The van der Waals surface area contributed by atoms with E-state index >= 15 is 0 Å². The van der Waals surface area contributed by atoms with Crippen LogP contribution in [-0.2, 0) is 6.61 Å². The van der Waals surface area contributed by atoms with Crippen molar-refractivity contribution in [2.24, 2.45) is 0 Å². The number of aromatic carboxylic acids is 2. The number of benzene rings is 3. The highest BCUT2D eigenvalue weighted by Crippen LogP contribution is 2.21. The highest BCUT2D eigenvalue weighted by molar-refractivity contribution is 5.92. The van der Waals surface area contributed by atoms with Gasteiger partial charge in [-0.1, -0.05) is 36.4 Å². The SMILES string of the molecule is N#C/C(=C/c1ccc(OCc2cccc(C(=O)O)c2)cc1)c1ccc(C(=O)O)cc1. The monoisotopic (exact) mass is 399 g/mol. The van der Waals surface area contributed by atoms with Gasteiger partial charge in [-0.2, -0.15) is 5.26 Å². The fraction of sp³-hybridized carbons (Fsp3) is 0.0417. The second-order valence-electron chi connectivity index (χ2n) is 6.42. The molecule has 0 aliphatic heterocycles. The Hall–Kier alpha value is -4.37. The van der Waals surface area contributed by atoms with Gasteiger partial charge in [-0.15, -0.1) is 0 Å². The molecule has 148 valence electrons. The average Bonchev–Trinajstić information content (AvgIpc) is 2.77. The van der Waals surface area contributed by atoms with Gasteiger partial charge in [0.1, 0.15) is 12.4 Å². The number of rotatable bonds is 7. The molecule has 0 saturated carbocycles. The van der Waals surface area contributed by atoms with Crippen molar-refractivity contribution in [2.45, 2.75) is 6.61 Å². The van der Waals surface area contributed by atoms with E-state index in [-0.39, 0.29) is 17.7 Å². The van der Waals surface area contributed by atoms with Crippen LogP contribution in [0.4, 0.5) is 0 Å². The van der Waals surface area contributed by atoms with Gasteiger partial charge in [-0.25, -0.2) is 9.59 Å². The van der Waals surface area contributed by atoms with Crippen LogP contribution in [0.2, 0.25) is 0 Å². The van der Waals surface area contributed by atoms with Gasteiger partial charge in [0.2, 0.25) is 0 Å². The summed E-state index contributed by atoms with van der Waals surface area (Å²) in [6, 6.07) is 21.9. The Morgan fingerprint density at radius 3 is 2.10 bits per heavy atom. The maximum atomic E-state index is 11.0. The highest BCUT2D eigenvalue weighted by atomic mass is 16.5. The molecule has 2 N–H and O–H groups in total. The lowest BCUT2D eigenvalue weighted by Gasteiger charge is -2.07. The van der Waals surface area contributed by atoms with Crippen LogP contribution in [0.15, 0.2) is 72.8 Å². The molecule has 0 spiro atoms. The van der Waals surface area contributed by atoms with Crippen molar-refractivity contribution in [1.29, 1.82) is 5.26 Å². The summed E-state index contributed by atoms with van der Waals surface area (Å²) in [6.07, 6.45) is 1.70. The zero-order chi connectivity index (χ0) is 21.5. The molecule has 3 aromatic carbocycles. The van der Waals surface area contributed by atoms with Crippen molar-refractivity contribution in [3.63, 3.8) is 0 Å². The van der Waals surface area contributed by atoms with Crippen LogP contribution in [0.5, 0.6) is 5.75 Å². The summed E-state index contributed by atoms with van der Waals surface area (Å²) in [5.74, 6) is -1.40. The maximum absolute atomic E-state index is 11.0. The molecule has 6 heteroatoms. The zero-order valence-electron chi connectivity index (χ0n) is 15.8. The van der Waals surface area contributed by atoms with E-state index in [2.05, 4.69) is 6.07 Å². The van der Waals surface area contributed by atoms with E-state index in [1.165, 1.54) is 18.2 Å². The van der Waals surface area contributed by atoms with E-state index in [9.17, 15) is 14.9 Å². The lowest BCUT2D eigenvalue weighted by atomic mass is 10.0. The molecule has 0 saturated heterocycles. The summed E-state index contributed by atoms with van der Waals surface area (Å²) in [5.41, 5.74) is 2.93. The Morgan fingerprint density at radius 1 is 0.867 bits per heavy atom. The molecule has 0 atom stereocenters. The van der Waals surface area contributed by atoms with Gasteiger partial charge < -0.3 is 14.9 Å². The Labute approximate surface area is 172 Å². The molecule has 0 aliphatic rings. The summed E-state index contributed by atoms with van der Waals surface area (Å²) >= 11 is 0. The molecular formula is C24H17NO5. The third-order valence-electron chi connectivity index (χ3n) is 4.33. The van der Waals surface area contributed by atoms with Crippen LogP contribution in [-0.4, -0.2) is 22.2 Å². The minimum atomic E-state index is -1.02. The van der Waals surface area contributed by atoms with Gasteiger partial charge in [-0.3, -0.25) is 0 Å². The molecular weight excluding hydrogens is 382 g/mol. The van der Waals surface area contributed by atoms with Crippen molar-refractivity contribution < 1.29 is 24.5 Å². The molecule has 3 aromatic rings. The first-order valence-electron chi connectivity index (χ1n) is 8.97. The summed E-state index contributed by atoms with van der Waals surface area (Å²) in [5, 5.41) is 27.5. The molecule has 0 fully saturated rings. The second kappa shape index (κ2) is 9.22. The number of carbonyl (C=O) groups is 2. The normalized spacial score (nSPS) is 10.8. The first-order chi connectivity index (χ1) is 14.5. The van der Waals surface area contributed by atoms with Crippen molar-refractivity contribution in [2.75, 3.05) is 0 Å². The van der Waals surface area contributed by atoms with Gasteiger partial charge in [0, 0.05) is 0 Å². The minimum absolute atomic E-state index is 0.159. The number of allylic oxidation sites excluding steroid dienone is 1. The average molecular weight is 399 g/mol. The first-order valence-corrected chi connectivity index (χ1v) is 8.97. The summed E-state index contributed by atoms with van der Waals surface area (Å²) < 4.78 is 5.70. The Kier molecular flexibility index (Phi) is 6.26. The van der Waals surface area contributed by atoms with Gasteiger partial charge in [0.25, 0.3) is 0 Å². The van der Waals surface area contributed by atoms with E-state index in [4.69, 9.17) is 14.9 Å². The van der Waals surface area contributed by atoms with E-state index < -0.39 is 11.9 Å². The molecule has 0 unspecified atom stereocenters. The minimum Gasteiger partial charge on any atom is -0.489 e. The number of carboxylic acid groups (broad SMARTS) is 2. The van der Waals surface area contributed by atoms with Crippen LogP contribution in [0.3, 0.4) is 0 Å². The van der Waals surface area contributed by atoms with Crippen molar-refractivity contribution >= 4 is 23.6 Å². The van der Waals surface area contributed by atoms with Crippen molar-refractivity contribution in [3.05, 3.63) is 101 Å². The second-order valence-corrected chi connectivity index (χ2v) is 6.42. The lowest BCUT2D eigenvalue weighted by molar-refractivity contribution is 0.0686. The molecule has 30 heavy (non-hydrogen) atoms. The number of hydrogen-bond acceptors (Lipinski definition) is 4. The van der Waals surface area contributed by atoms with Crippen LogP contribution in [0.1, 0.15) is 37.4 Å². The topological polar surface area (TPSA) is 108 Å². The van der Waals surface area contributed by atoms with Gasteiger partial charge in [-0.05, 0) is 59.2 Å². The third-order valence-corrected chi connectivity index (χ3v) is 4.33. The maximum Gasteiger partial charge on any atom is 0.335 e.